The molecule has 0 radical (unpaired) electrons. The van der Waals surface area contributed by atoms with Crippen molar-refractivity contribution >= 4 is 35.0 Å². The van der Waals surface area contributed by atoms with Gasteiger partial charge in [-0.2, -0.15) is 5.10 Å². The van der Waals surface area contributed by atoms with E-state index in [-0.39, 0.29) is 6.04 Å². The van der Waals surface area contributed by atoms with Gasteiger partial charge in [0.15, 0.2) is 0 Å². The van der Waals surface area contributed by atoms with Crippen LogP contribution in [0.2, 0.25) is 0 Å². The summed E-state index contributed by atoms with van der Waals surface area (Å²) in [5.41, 5.74) is 4.73. The van der Waals surface area contributed by atoms with Gasteiger partial charge in [-0.15, -0.1) is 0 Å². The molecule has 1 unspecified atom stereocenters. The van der Waals surface area contributed by atoms with E-state index in [0.29, 0.717) is 5.69 Å². The van der Waals surface area contributed by atoms with Gasteiger partial charge in [0.25, 0.3) is 0 Å². The summed E-state index contributed by atoms with van der Waals surface area (Å²) in [7, 11) is 0. The Hall–Kier alpha value is -4.45. The summed E-state index contributed by atoms with van der Waals surface area (Å²) in [5.74, 6) is -1.67. The lowest BCUT2D eigenvalue weighted by Gasteiger charge is -2.24. The van der Waals surface area contributed by atoms with Gasteiger partial charge < -0.3 is 10.4 Å². The van der Waals surface area contributed by atoms with Crippen LogP contribution in [0.1, 0.15) is 23.6 Å². The molecule has 1 aliphatic rings. The van der Waals surface area contributed by atoms with Crippen molar-refractivity contribution in [3.05, 3.63) is 114 Å². The first kappa shape index (κ1) is 21.8. The van der Waals surface area contributed by atoms with Crippen molar-refractivity contribution in [2.45, 2.75) is 12.5 Å². The highest BCUT2D eigenvalue weighted by Gasteiger charge is 2.28. The van der Waals surface area contributed by atoms with Crippen molar-refractivity contribution in [1.82, 2.24) is 0 Å². The van der Waals surface area contributed by atoms with E-state index in [9.17, 15) is 9.59 Å². The van der Waals surface area contributed by atoms with E-state index in [2.05, 4.69) is 41.7 Å². The smallest absolute Gasteiger partial charge is 0.328 e. The maximum absolute atomic E-state index is 11.8. The fourth-order valence-electron chi connectivity index (χ4n) is 3.59. The maximum Gasteiger partial charge on any atom is 0.328 e. The molecule has 0 saturated heterocycles. The lowest BCUT2D eigenvalue weighted by Crippen LogP contribution is -2.18. The number of carboxylic acids is 1. The molecule has 0 saturated carbocycles. The highest BCUT2D eigenvalue weighted by Crippen LogP contribution is 2.36. The number of carboxylic acid groups (broad SMARTS) is 1. The normalized spacial score (nSPS) is 15.7. The molecule has 0 bridgehead atoms. The second-order valence-corrected chi connectivity index (χ2v) is 7.52. The van der Waals surface area contributed by atoms with E-state index in [0.717, 1.165) is 35.5 Å². The fraction of sp³-hybridized carbons (Fsp3) is 0.0741. The molecule has 1 amide bonds. The topological polar surface area (TPSA) is 82.0 Å². The first-order chi connectivity index (χ1) is 16.1. The summed E-state index contributed by atoms with van der Waals surface area (Å²) in [6.07, 6.45) is 6.67. The van der Waals surface area contributed by atoms with Crippen molar-refractivity contribution in [2.24, 2.45) is 5.10 Å². The molecule has 0 fully saturated rings. The van der Waals surface area contributed by atoms with Gasteiger partial charge in [-0.3, -0.25) is 9.80 Å². The molecule has 0 aromatic heterocycles. The zero-order valence-corrected chi connectivity index (χ0v) is 17.8. The third-order valence-electron chi connectivity index (χ3n) is 5.16. The summed E-state index contributed by atoms with van der Waals surface area (Å²) in [6.45, 7) is 0. The van der Waals surface area contributed by atoms with E-state index >= 15 is 0 Å². The Kier molecular flexibility index (Phi) is 6.75. The monoisotopic (exact) mass is 437 g/mol. The van der Waals surface area contributed by atoms with Gasteiger partial charge in [0, 0.05) is 24.3 Å². The first-order valence-electron chi connectivity index (χ1n) is 10.6. The summed E-state index contributed by atoms with van der Waals surface area (Å²) < 4.78 is 0. The number of carbonyl (C=O) groups is 2. The molecule has 164 valence electrons. The summed E-state index contributed by atoms with van der Waals surface area (Å²) >= 11 is 0. The Morgan fingerprint density at radius 1 is 0.879 bits per heavy atom. The fourth-order valence-corrected chi connectivity index (χ4v) is 3.59. The molecule has 3 aromatic carbocycles. The number of rotatable bonds is 7. The van der Waals surface area contributed by atoms with Gasteiger partial charge in [-0.25, -0.2) is 4.79 Å². The number of nitrogens with one attached hydrogen (secondary N) is 1. The molecule has 1 heterocycles. The molecule has 3 aromatic rings. The van der Waals surface area contributed by atoms with Crippen molar-refractivity contribution in [3.63, 3.8) is 0 Å². The van der Waals surface area contributed by atoms with Gasteiger partial charge in [0.1, 0.15) is 0 Å². The Labute approximate surface area is 192 Å². The Morgan fingerprint density at radius 2 is 1.55 bits per heavy atom. The molecule has 33 heavy (non-hydrogen) atoms. The third kappa shape index (κ3) is 5.83. The Morgan fingerprint density at radius 3 is 2.21 bits per heavy atom. The van der Waals surface area contributed by atoms with Crippen molar-refractivity contribution < 1.29 is 14.7 Å². The number of benzene rings is 3. The predicted octanol–water partition coefficient (Wildman–Crippen LogP) is 5.29. The minimum atomic E-state index is -1.17. The third-order valence-corrected chi connectivity index (χ3v) is 5.16. The quantitative estimate of drug-likeness (QED) is 0.492. The average molecular weight is 437 g/mol. The lowest BCUT2D eigenvalue weighted by atomic mass is 10.0. The zero-order valence-electron chi connectivity index (χ0n) is 17.8. The second kappa shape index (κ2) is 10.2. The standard InChI is InChI=1S/C27H23N3O3/c31-26(17-18-27(32)33)28-22-13-15-24(16-14-22)30-25(21-9-5-2-6-10-21)19-23(29-30)12-11-20-7-3-1-4-8-20/h1-18,25H,19H2,(H,28,31)(H,32,33)/b12-11+,18-17+. The molecule has 6 nitrogen and oxygen atoms in total. The molecule has 4 rings (SSSR count). The molecule has 0 spiro atoms. The zero-order chi connectivity index (χ0) is 23.0. The molecular weight excluding hydrogens is 414 g/mol. The van der Waals surface area contributed by atoms with Crippen LogP contribution in [0.5, 0.6) is 0 Å². The minimum absolute atomic E-state index is 0.0561. The largest absolute Gasteiger partial charge is 0.478 e. The van der Waals surface area contributed by atoms with Crippen LogP contribution < -0.4 is 10.3 Å². The Bertz CT molecular complexity index is 1200. The number of nitrogens with zero attached hydrogens (tertiary/aromatic N) is 2. The van der Waals surface area contributed by atoms with E-state index in [4.69, 9.17) is 10.2 Å². The second-order valence-electron chi connectivity index (χ2n) is 7.52. The van der Waals surface area contributed by atoms with Crippen molar-refractivity contribution in [2.75, 3.05) is 10.3 Å². The number of hydrogen-bond acceptors (Lipinski definition) is 4. The van der Waals surface area contributed by atoms with Crippen LogP contribution in [0.4, 0.5) is 11.4 Å². The number of aliphatic carboxylic acids is 1. The van der Waals surface area contributed by atoms with Crippen LogP contribution >= 0.6 is 0 Å². The van der Waals surface area contributed by atoms with Crippen LogP contribution in [0.25, 0.3) is 6.08 Å². The Balaban J connectivity index is 1.55. The van der Waals surface area contributed by atoms with E-state index < -0.39 is 11.9 Å². The number of hydrazone groups is 1. The van der Waals surface area contributed by atoms with Gasteiger partial charge >= 0.3 is 5.97 Å². The van der Waals surface area contributed by atoms with Crippen LogP contribution in [0.3, 0.4) is 0 Å². The highest BCUT2D eigenvalue weighted by atomic mass is 16.4. The van der Waals surface area contributed by atoms with E-state index in [1.54, 1.807) is 12.1 Å². The van der Waals surface area contributed by atoms with Crippen LogP contribution in [-0.2, 0) is 9.59 Å². The van der Waals surface area contributed by atoms with Gasteiger partial charge in [-0.05, 0) is 41.5 Å². The van der Waals surface area contributed by atoms with E-state index in [1.165, 1.54) is 5.56 Å². The number of amides is 1. The summed E-state index contributed by atoms with van der Waals surface area (Å²) in [6, 6.07) is 27.7. The molecule has 6 heteroatoms. The number of anilines is 2. The first-order valence-corrected chi connectivity index (χ1v) is 10.6. The average Bonchev–Trinajstić information content (AvgIpc) is 3.27. The van der Waals surface area contributed by atoms with E-state index in [1.807, 2.05) is 53.5 Å². The summed E-state index contributed by atoms with van der Waals surface area (Å²) in [4.78, 5) is 22.4. The molecule has 1 atom stereocenters. The highest BCUT2D eigenvalue weighted by molar-refractivity contribution is 6.02. The number of allylic oxidation sites excluding steroid dienone is 1. The maximum atomic E-state index is 11.8. The molecule has 0 aliphatic carbocycles. The van der Waals surface area contributed by atoms with Crippen LogP contribution in [-0.4, -0.2) is 22.7 Å². The van der Waals surface area contributed by atoms with Crippen molar-refractivity contribution in [3.8, 4) is 0 Å². The minimum Gasteiger partial charge on any atom is -0.478 e. The van der Waals surface area contributed by atoms with Gasteiger partial charge in [-0.1, -0.05) is 66.7 Å². The summed E-state index contributed by atoms with van der Waals surface area (Å²) in [5, 5.41) is 18.2. The SMILES string of the molecule is O=C(O)/C=C/C(=O)Nc1ccc(N2N=C(/C=C/c3ccccc3)CC2c2ccccc2)cc1. The molecule has 2 N–H and O–H groups in total. The molecule has 1 aliphatic heterocycles. The number of hydrogen-bond donors (Lipinski definition) is 2. The van der Waals surface area contributed by atoms with Crippen molar-refractivity contribution in [1.29, 1.82) is 0 Å². The molecular formula is C27H23N3O3. The van der Waals surface area contributed by atoms with Gasteiger partial charge in [0.2, 0.25) is 5.91 Å². The lowest BCUT2D eigenvalue weighted by molar-refractivity contribution is -0.131. The van der Waals surface area contributed by atoms with Crippen LogP contribution in [0, 0.1) is 0 Å². The van der Waals surface area contributed by atoms with Crippen LogP contribution in [0.15, 0.2) is 108 Å². The number of carbonyl (C=O) groups excluding carboxylic acids is 1. The van der Waals surface area contributed by atoms with Gasteiger partial charge in [0.05, 0.1) is 17.4 Å². The predicted molar refractivity (Wildman–Crippen MR) is 131 cm³/mol.